The van der Waals surface area contributed by atoms with E-state index in [9.17, 15) is 18.0 Å². The Morgan fingerprint density at radius 2 is 2.12 bits per heavy atom. The van der Waals surface area contributed by atoms with Gasteiger partial charge in [-0.05, 0) is 0 Å². The molecular weight excluding hydrogens is 241 g/mol. The maximum Gasteiger partial charge on any atom is 0.574 e. The van der Waals surface area contributed by atoms with E-state index in [0.29, 0.717) is 6.07 Å². The van der Waals surface area contributed by atoms with Crippen LogP contribution in [0.5, 0.6) is 5.88 Å². The molecule has 1 aromatic heterocycles. The Morgan fingerprint density at radius 1 is 1.53 bits per heavy atom. The van der Waals surface area contributed by atoms with E-state index in [0.717, 1.165) is 0 Å². The Balaban J connectivity index is 3.29. The summed E-state index contributed by atoms with van der Waals surface area (Å²) in [5.74, 6) is -2.60. The summed E-state index contributed by atoms with van der Waals surface area (Å²) >= 11 is 0. The number of carbonyl (C=O) groups excluding carboxylic acids is 1. The van der Waals surface area contributed by atoms with Gasteiger partial charge < -0.3 is 16.2 Å². The Hall–Kier alpha value is -2.50. The number of amides is 1. The van der Waals surface area contributed by atoms with Gasteiger partial charge in [-0.15, -0.1) is 13.2 Å². The van der Waals surface area contributed by atoms with Crippen molar-refractivity contribution >= 4 is 11.7 Å². The minimum absolute atomic E-state index is 0.441. The molecule has 0 spiro atoms. The van der Waals surface area contributed by atoms with Crippen molar-refractivity contribution in [2.24, 2.45) is 5.73 Å². The molecule has 90 valence electrons. The minimum atomic E-state index is -4.97. The van der Waals surface area contributed by atoms with Crippen LogP contribution in [0.25, 0.3) is 0 Å². The maximum atomic E-state index is 11.9. The van der Waals surface area contributed by atoms with E-state index in [4.69, 9.17) is 16.7 Å². The van der Waals surface area contributed by atoms with Crippen LogP contribution in [0.2, 0.25) is 0 Å². The van der Waals surface area contributed by atoms with E-state index in [1.54, 1.807) is 0 Å². The smallest absolute Gasteiger partial charge is 0.388 e. The summed E-state index contributed by atoms with van der Waals surface area (Å²) < 4.78 is 39.1. The zero-order valence-electron chi connectivity index (χ0n) is 8.08. The number of anilines is 1. The third-order valence-electron chi connectivity index (χ3n) is 1.61. The SMILES string of the molecule is N#Cc1cc(OC(F)(F)F)nc(N)c1C(N)=O. The van der Waals surface area contributed by atoms with Crippen LogP contribution in [0.15, 0.2) is 6.07 Å². The highest BCUT2D eigenvalue weighted by molar-refractivity contribution is 5.99. The lowest BCUT2D eigenvalue weighted by atomic mass is 10.1. The second kappa shape index (κ2) is 4.17. The fourth-order valence-electron chi connectivity index (χ4n) is 1.06. The van der Waals surface area contributed by atoms with Crippen molar-refractivity contribution in [3.05, 3.63) is 17.2 Å². The number of primary amides is 1. The maximum absolute atomic E-state index is 11.9. The first-order valence-corrected chi connectivity index (χ1v) is 4.00. The summed E-state index contributed by atoms with van der Waals surface area (Å²) in [5, 5.41) is 8.64. The molecule has 17 heavy (non-hydrogen) atoms. The van der Waals surface area contributed by atoms with Crippen LogP contribution in [0.4, 0.5) is 19.0 Å². The third kappa shape index (κ3) is 2.97. The molecule has 4 N–H and O–H groups in total. The van der Waals surface area contributed by atoms with Crippen LogP contribution in [-0.2, 0) is 0 Å². The molecule has 1 heterocycles. The number of nitrogen functional groups attached to an aromatic ring is 1. The number of aromatic nitrogens is 1. The quantitative estimate of drug-likeness (QED) is 0.789. The highest BCUT2D eigenvalue weighted by atomic mass is 19.4. The van der Waals surface area contributed by atoms with Crippen molar-refractivity contribution < 1.29 is 22.7 Å². The highest BCUT2D eigenvalue weighted by Gasteiger charge is 2.32. The summed E-state index contributed by atoms with van der Waals surface area (Å²) in [5.41, 5.74) is 9.22. The largest absolute Gasteiger partial charge is 0.574 e. The van der Waals surface area contributed by atoms with Gasteiger partial charge >= 0.3 is 6.36 Å². The van der Waals surface area contributed by atoms with Gasteiger partial charge in [-0.25, -0.2) is 0 Å². The van der Waals surface area contributed by atoms with Gasteiger partial charge in [0.25, 0.3) is 5.91 Å². The third-order valence-corrected chi connectivity index (χ3v) is 1.61. The first-order valence-electron chi connectivity index (χ1n) is 4.00. The number of halogens is 3. The molecule has 0 aliphatic carbocycles. The van der Waals surface area contributed by atoms with Gasteiger partial charge in [0.15, 0.2) is 0 Å². The van der Waals surface area contributed by atoms with Crippen LogP contribution in [0.3, 0.4) is 0 Å². The Labute approximate surface area is 92.6 Å². The predicted octanol–water partition coefficient (Wildman–Crippen LogP) is 0.533. The molecule has 9 heteroatoms. The number of hydrogen-bond acceptors (Lipinski definition) is 5. The number of alkyl halides is 3. The average Bonchev–Trinajstić information content (AvgIpc) is 2.12. The molecule has 0 aliphatic rings. The lowest BCUT2D eigenvalue weighted by Crippen LogP contribution is -2.20. The van der Waals surface area contributed by atoms with Gasteiger partial charge in [-0.1, -0.05) is 0 Å². The van der Waals surface area contributed by atoms with Crippen molar-refractivity contribution in [3.63, 3.8) is 0 Å². The molecule has 0 atom stereocenters. The van der Waals surface area contributed by atoms with Gasteiger partial charge in [-0.3, -0.25) is 4.79 Å². The van der Waals surface area contributed by atoms with Crippen LogP contribution < -0.4 is 16.2 Å². The normalized spacial score (nSPS) is 10.7. The van der Waals surface area contributed by atoms with Crippen LogP contribution in [0, 0.1) is 11.3 Å². The molecule has 0 unspecified atom stereocenters. The summed E-state index contributed by atoms with van der Waals surface area (Å²) in [6.07, 6.45) is -4.97. The van der Waals surface area contributed by atoms with Crippen molar-refractivity contribution in [3.8, 4) is 11.9 Å². The highest BCUT2D eigenvalue weighted by Crippen LogP contribution is 2.25. The zero-order chi connectivity index (χ0) is 13.2. The first kappa shape index (κ1) is 12.6. The van der Waals surface area contributed by atoms with Gasteiger partial charge in [0, 0.05) is 6.07 Å². The number of ether oxygens (including phenoxy) is 1. The van der Waals surface area contributed by atoms with Crippen molar-refractivity contribution in [1.29, 1.82) is 5.26 Å². The molecule has 1 amide bonds. The Morgan fingerprint density at radius 3 is 2.53 bits per heavy atom. The molecular formula is C8H5F3N4O2. The predicted molar refractivity (Wildman–Crippen MR) is 48.6 cm³/mol. The standard InChI is InChI=1S/C8H5F3N4O2/c9-8(10,11)17-4-1-3(2-12)5(7(14)16)6(13)15-4/h1H,(H2,13,15)(H2,14,16). The van der Waals surface area contributed by atoms with Gasteiger partial charge in [0.2, 0.25) is 5.88 Å². The van der Waals surface area contributed by atoms with Crippen molar-refractivity contribution in [1.82, 2.24) is 4.98 Å². The molecule has 1 aromatic rings. The second-order valence-corrected chi connectivity index (χ2v) is 2.79. The van der Waals surface area contributed by atoms with Crippen LogP contribution in [0.1, 0.15) is 15.9 Å². The van der Waals surface area contributed by atoms with Crippen molar-refractivity contribution in [2.45, 2.75) is 6.36 Å². The fraction of sp³-hybridized carbons (Fsp3) is 0.125. The number of nitriles is 1. The molecule has 1 rings (SSSR count). The number of carbonyl (C=O) groups is 1. The number of hydrogen-bond donors (Lipinski definition) is 2. The average molecular weight is 246 g/mol. The van der Waals surface area contributed by atoms with E-state index in [2.05, 4.69) is 9.72 Å². The molecule has 0 aliphatic heterocycles. The van der Waals surface area contributed by atoms with Crippen LogP contribution >= 0.6 is 0 Å². The lowest BCUT2D eigenvalue weighted by molar-refractivity contribution is -0.276. The zero-order valence-corrected chi connectivity index (χ0v) is 8.08. The molecule has 0 radical (unpaired) electrons. The molecule has 0 saturated heterocycles. The molecule has 0 bridgehead atoms. The summed E-state index contributed by atoms with van der Waals surface area (Å²) in [6.45, 7) is 0. The van der Waals surface area contributed by atoms with Crippen molar-refractivity contribution in [2.75, 3.05) is 5.73 Å². The number of rotatable bonds is 2. The molecule has 6 nitrogen and oxygen atoms in total. The monoisotopic (exact) mass is 246 g/mol. The van der Waals surface area contributed by atoms with E-state index in [1.807, 2.05) is 0 Å². The van der Waals surface area contributed by atoms with E-state index in [1.165, 1.54) is 6.07 Å². The Bertz CT molecular complexity index is 507. The Kier molecular flexibility index (Phi) is 3.08. The van der Waals surface area contributed by atoms with E-state index < -0.39 is 35.1 Å². The summed E-state index contributed by atoms with van der Waals surface area (Å²) in [7, 11) is 0. The van der Waals surface area contributed by atoms with E-state index >= 15 is 0 Å². The fourth-order valence-corrected chi connectivity index (χ4v) is 1.06. The molecule has 0 saturated carbocycles. The lowest BCUT2D eigenvalue weighted by Gasteiger charge is -2.10. The second-order valence-electron chi connectivity index (χ2n) is 2.79. The summed E-state index contributed by atoms with van der Waals surface area (Å²) in [6, 6.07) is 2.10. The number of nitrogens with two attached hydrogens (primary N) is 2. The number of pyridine rings is 1. The van der Waals surface area contributed by atoms with Crippen LogP contribution in [-0.4, -0.2) is 17.3 Å². The summed E-state index contributed by atoms with van der Waals surface area (Å²) in [4.78, 5) is 14.1. The molecule has 0 fully saturated rings. The molecule has 0 aromatic carbocycles. The first-order chi connectivity index (χ1) is 7.74. The van der Waals surface area contributed by atoms with Gasteiger partial charge in [-0.2, -0.15) is 10.2 Å². The number of nitrogens with zero attached hydrogens (tertiary/aromatic N) is 2. The van der Waals surface area contributed by atoms with Gasteiger partial charge in [0.1, 0.15) is 11.9 Å². The van der Waals surface area contributed by atoms with Gasteiger partial charge in [0.05, 0.1) is 11.1 Å². The minimum Gasteiger partial charge on any atom is -0.388 e. The van der Waals surface area contributed by atoms with E-state index in [-0.39, 0.29) is 0 Å². The topological polar surface area (TPSA) is 115 Å².